The monoisotopic (exact) mass is 383 g/mol. The highest BCUT2D eigenvalue weighted by Gasteiger charge is 2.17. The zero-order chi connectivity index (χ0) is 14.9. The topological polar surface area (TPSA) is 20.9 Å². The van der Waals surface area contributed by atoms with E-state index in [2.05, 4.69) is 18.2 Å². The smallest absolute Gasteiger partial charge is 0.227 e. The first-order valence-corrected chi connectivity index (χ1v) is 8.07. The Hall–Kier alpha value is -2.04. The Morgan fingerprint density at radius 3 is 2.52 bits per heavy atom. The predicted octanol–water partition coefficient (Wildman–Crippen LogP) is 1.23. The highest BCUT2D eigenvalue weighted by molar-refractivity contribution is 7.16. The number of Topliss-reactive ketones (excluding diaryl/α,β-unsaturated/α-hetero) is 1. The molecule has 0 bridgehead atoms. The minimum atomic E-state index is 0. The number of carbonyl (C=O) groups is 1. The van der Waals surface area contributed by atoms with Crippen molar-refractivity contribution in [3.8, 4) is 0 Å². The number of nitrogens with zero attached hydrogens (tertiary/aromatic N) is 1. The van der Waals surface area contributed by atoms with E-state index >= 15 is 0 Å². The van der Waals surface area contributed by atoms with Crippen molar-refractivity contribution in [3.63, 3.8) is 0 Å². The molecule has 4 heteroatoms. The average molecular weight is 384 g/mol. The van der Waals surface area contributed by atoms with Crippen LogP contribution >= 0.6 is 11.3 Å². The summed E-state index contributed by atoms with van der Waals surface area (Å²) in [6.07, 6.45) is 0. The fourth-order valence-electron chi connectivity index (χ4n) is 2.70. The van der Waals surface area contributed by atoms with Gasteiger partial charge in [0.2, 0.25) is 23.4 Å². The van der Waals surface area contributed by atoms with E-state index in [0.717, 1.165) is 21.9 Å². The van der Waals surface area contributed by atoms with Crippen molar-refractivity contribution in [1.29, 1.82) is 0 Å². The lowest BCUT2D eigenvalue weighted by Crippen LogP contribution is -3.00. The zero-order valence-electron chi connectivity index (χ0n) is 12.3. The van der Waals surface area contributed by atoms with E-state index in [9.17, 15) is 4.79 Å². The van der Waals surface area contributed by atoms with E-state index < -0.39 is 0 Å². The molecule has 0 aliphatic rings. The van der Waals surface area contributed by atoms with Crippen LogP contribution in [0.3, 0.4) is 0 Å². The third-order valence-electron chi connectivity index (χ3n) is 3.87. The maximum Gasteiger partial charge on any atom is 0.227 e. The summed E-state index contributed by atoms with van der Waals surface area (Å²) in [5, 5.41) is 2.27. The molecule has 0 aliphatic carbocycles. The third-order valence-corrected chi connectivity index (χ3v) is 4.83. The number of benzene rings is 3. The fraction of sp³-hybridized carbons (Fsp3) is 0.0526. The summed E-state index contributed by atoms with van der Waals surface area (Å²) in [5.41, 5.74) is 3.90. The summed E-state index contributed by atoms with van der Waals surface area (Å²) >= 11 is 1.66. The van der Waals surface area contributed by atoms with Crippen LogP contribution in [0.1, 0.15) is 10.4 Å². The van der Waals surface area contributed by atoms with Crippen molar-refractivity contribution in [1.82, 2.24) is 0 Å². The minimum absolute atomic E-state index is 0. The lowest BCUT2D eigenvalue weighted by atomic mass is 10.0. The molecule has 3 aromatic carbocycles. The van der Waals surface area contributed by atoms with E-state index in [0.29, 0.717) is 6.54 Å². The van der Waals surface area contributed by atoms with Crippen molar-refractivity contribution >= 4 is 38.1 Å². The first-order chi connectivity index (χ1) is 10.8. The molecule has 0 N–H and O–H groups in total. The Bertz CT molecular complexity index is 993. The Morgan fingerprint density at radius 1 is 0.913 bits per heavy atom. The molecule has 1 heterocycles. The highest BCUT2D eigenvalue weighted by atomic mass is 79.9. The zero-order valence-corrected chi connectivity index (χ0v) is 14.7. The van der Waals surface area contributed by atoms with E-state index in [1.165, 1.54) is 4.70 Å². The molecule has 0 atom stereocenters. The van der Waals surface area contributed by atoms with Gasteiger partial charge in [-0.25, -0.2) is 0 Å². The van der Waals surface area contributed by atoms with Crippen LogP contribution in [-0.4, -0.2) is 5.78 Å². The van der Waals surface area contributed by atoms with Crippen LogP contribution in [0.15, 0.2) is 72.2 Å². The molecule has 0 spiro atoms. The van der Waals surface area contributed by atoms with Gasteiger partial charge in [-0.1, -0.05) is 59.9 Å². The Kier molecular flexibility index (Phi) is 4.55. The third kappa shape index (κ3) is 3.05. The van der Waals surface area contributed by atoms with Crippen molar-refractivity contribution in [2.45, 2.75) is 6.54 Å². The summed E-state index contributed by atoms with van der Waals surface area (Å²) in [5.74, 6) is 0.138. The van der Waals surface area contributed by atoms with Crippen molar-refractivity contribution in [2.75, 3.05) is 0 Å². The van der Waals surface area contributed by atoms with Gasteiger partial charge in [0, 0.05) is 11.6 Å². The number of fused-ring (bicyclic) bond motifs is 2. The fourth-order valence-corrected chi connectivity index (χ4v) is 3.59. The summed E-state index contributed by atoms with van der Waals surface area (Å²) in [4.78, 5) is 12.6. The summed E-state index contributed by atoms with van der Waals surface area (Å²) in [6, 6.07) is 22.2. The van der Waals surface area contributed by atoms with E-state index in [1.54, 1.807) is 11.3 Å². The first kappa shape index (κ1) is 15.8. The highest BCUT2D eigenvalue weighted by Crippen LogP contribution is 2.18. The van der Waals surface area contributed by atoms with E-state index in [-0.39, 0.29) is 22.8 Å². The number of rotatable bonds is 3. The molecule has 0 radical (unpaired) electrons. The predicted molar refractivity (Wildman–Crippen MR) is 90.3 cm³/mol. The molecule has 0 unspecified atom stereocenters. The molecule has 1 aromatic heterocycles. The molecule has 0 saturated carbocycles. The van der Waals surface area contributed by atoms with Gasteiger partial charge in [-0.3, -0.25) is 4.79 Å². The first-order valence-electron chi connectivity index (χ1n) is 7.19. The van der Waals surface area contributed by atoms with E-state index in [4.69, 9.17) is 0 Å². The average Bonchev–Trinajstić information content (AvgIpc) is 2.97. The second-order valence-corrected chi connectivity index (χ2v) is 6.19. The number of hydrogen-bond acceptors (Lipinski definition) is 2. The lowest BCUT2D eigenvalue weighted by molar-refractivity contribution is -0.652. The molecular formula is C19H14BrNOS. The van der Waals surface area contributed by atoms with Gasteiger partial charge < -0.3 is 17.0 Å². The maximum atomic E-state index is 12.6. The van der Waals surface area contributed by atoms with Gasteiger partial charge in [-0.15, -0.1) is 0 Å². The number of aromatic nitrogens is 1. The van der Waals surface area contributed by atoms with Gasteiger partial charge in [0.05, 0.1) is 0 Å². The normalized spacial score (nSPS) is 10.6. The SMILES string of the molecule is O=C(C[n+]1csc2ccccc21)c1ccc2ccccc2c1.[Br-]. The Morgan fingerprint density at radius 2 is 1.65 bits per heavy atom. The maximum absolute atomic E-state index is 12.6. The second kappa shape index (κ2) is 6.60. The summed E-state index contributed by atoms with van der Waals surface area (Å²) in [6.45, 7) is 0.377. The van der Waals surface area contributed by atoms with Crippen molar-refractivity contribution in [2.24, 2.45) is 0 Å². The Labute approximate surface area is 148 Å². The van der Waals surface area contributed by atoms with Gasteiger partial charge in [0.1, 0.15) is 4.70 Å². The van der Waals surface area contributed by atoms with Crippen LogP contribution in [0, 0.1) is 0 Å². The molecule has 0 fully saturated rings. The molecule has 2 nitrogen and oxygen atoms in total. The van der Waals surface area contributed by atoms with Gasteiger partial charge >= 0.3 is 0 Å². The molecule has 4 rings (SSSR count). The number of ketones is 1. The van der Waals surface area contributed by atoms with Gasteiger partial charge in [0.25, 0.3) is 0 Å². The van der Waals surface area contributed by atoms with Crippen LogP contribution in [0.4, 0.5) is 0 Å². The molecular weight excluding hydrogens is 370 g/mol. The summed E-state index contributed by atoms with van der Waals surface area (Å²) in [7, 11) is 0. The summed E-state index contributed by atoms with van der Waals surface area (Å²) < 4.78 is 3.23. The van der Waals surface area contributed by atoms with E-state index in [1.807, 2.05) is 58.6 Å². The lowest BCUT2D eigenvalue weighted by Gasteiger charge is -2.01. The molecule has 23 heavy (non-hydrogen) atoms. The second-order valence-electron chi connectivity index (χ2n) is 5.30. The van der Waals surface area contributed by atoms with Crippen LogP contribution < -0.4 is 21.5 Å². The number of carbonyl (C=O) groups excluding carboxylic acids is 1. The van der Waals surface area contributed by atoms with Crippen LogP contribution in [0.5, 0.6) is 0 Å². The molecule has 4 aromatic rings. The molecule has 0 amide bonds. The Balaban J connectivity index is 0.00000156. The largest absolute Gasteiger partial charge is 1.00 e. The van der Waals surface area contributed by atoms with Gasteiger partial charge in [-0.05, 0) is 22.9 Å². The number of halogens is 1. The molecule has 0 aliphatic heterocycles. The van der Waals surface area contributed by atoms with Crippen molar-refractivity contribution < 1.29 is 26.3 Å². The van der Waals surface area contributed by atoms with Crippen molar-refractivity contribution in [3.05, 3.63) is 77.8 Å². The quantitative estimate of drug-likeness (QED) is 0.385. The van der Waals surface area contributed by atoms with Crippen LogP contribution in [0.25, 0.3) is 21.0 Å². The van der Waals surface area contributed by atoms with Crippen LogP contribution in [-0.2, 0) is 6.54 Å². The number of hydrogen-bond donors (Lipinski definition) is 0. The number of thiazole rings is 1. The number of para-hydroxylation sites is 1. The van der Waals surface area contributed by atoms with Gasteiger partial charge in [0.15, 0.2) is 0 Å². The minimum Gasteiger partial charge on any atom is -1.00 e. The molecule has 0 saturated heterocycles. The molecule has 114 valence electrons. The van der Waals surface area contributed by atoms with Crippen LogP contribution in [0.2, 0.25) is 0 Å². The standard InChI is InChI=1S/C19H14NOS.BrH/c21-18(12-20-13-22-19-8-4-3-7-17(19)20)16-10-9-14-5-1-2-6-15(14)11-16;/h1-11,13H,12H2;1H/q+1;/p-1. The van der Waals surface area contributed by atoms with Gasteiger partial charge in [-0.2, -0.15) is 4.57 Å².